The molecule has 2 aliphatic carbocycles. The molecular weight excluding hydrogens is 416 g/mol. The Bertz CT molecular complexity index is 979. The van der Waals surface area contributed by atoms with Gasteiger partial charge in [-0.05, 0) is 47.9 Å². The van der Waals surface area contributed by atoms with Gasteiger partial charge in [-0.3, -0.25) is 9.69 Å². The number of carbonyl (C=O) groups excluding carboxylic acids is 1. The van der Waals surface area contributed by atoms with Crippen LogP contribution in [-0.2, 0) is 16.9 Å². The Balaban J connectivity index is 1.21. The Morgan fingerprint density at radius 1 is 1.03 bits per heavy atom. The van der Waals surface area contributed by atoms with Gasteiger partial charge in [-0.15, -0.1) is 0 Å². The van der Waals surface area contributed by atoms with Crippen LogP contribution in [0.5, 0.6) is 11.5 Å². The summed E-state index contributed by atoms with van der Waals surface area (Å²) in [4.78, 5) is 15.9. The van der Waals surface area contributed by atoms with Gasteiger partial charge in [0.05, 0.1) is 14.2 Å². The molecule has 1 heterocycles. The molecule has 0 radical (unpaired) electrons. The molecule has 33 heavy (non-hydrogen) atoms. The Morgan fingerprint density at radius 3 is 2.33 bits per heavy atom. The third kappa shape index (κ3) is 4.11. The van der Waals surface area contributed by atoms with Crippen molar-refractivity contribution in [3.8, 4) is 11.5 Å². The van der Waals surface area contributed by atoms with Crippen molar-refractivity contribution in [2.24, 2.45) is 17.8 Å². The van der Waals surface area contributed by atoms with Crippen LogP contribution in [0.3, 0.4) is 0 Å². The fraction of sp³-hybridized carbons (Fsp3) is 0.519. The molecule has 3 aliphatic rings. The number of benzene rings is 2. The van der Waals surface area contributed by atoms with E-state index in [1.165, 1.54) is 5.56 Å². The molecule has 2 N–H and O–H groups in total. The standard InChI is InChI=1S/C27H34N2O4/c1-32-23-13-12-18(14-24(23)33-2)15-29-16-21-22(17-29)25(21)28-26(30)27(31,20-10-6-7-11-20)19-8-4-3-5-9-19/h3-5,8-9,12-14,20-22,25,31H,6-7,10-11,15-17H2,1-2H3,(H,28,30)/t21-,22+,25?,27?. The van der Waals surface area contributed by atoms with Gasteiger partial charge in [0.2, 0.25) is 0 Å². The molecule has 0 bridgehead atoms. The summed E-state index contributed by atoms with van der Waals surface area (Å²) in [5, 5.41) is 14.9. The Hall–Kier alpha value is -2.57. The number of piperidine rings is 1. The Labute approximate surface area is 195 Å². The summed E-state index contributed by atoms with van der Waals surface area (Å²) in [5.41, 5.74) is 0.470. The number of ether oxygens (including phenoxy) is 2. The third-order valence-corrected chi connectivity index (χ3v) is 7.93. The number of hydrogen-bond donors (Lipinski definition) is 2. The second kappa shape index (κ2) is 8.99. The number of amides is 1. The van der Waals surface area contributed by atoms with Gasteiger partial charge < -0.3 is 19.9 Å². The fourth-order valence-electron chi connectivity index (χ4n) is 6.04. The zero-order valence-corrected chi connectivity index (χ0v) is 19.5. The largest absolute Gasteiger partial charge is 0.493 e. The van der Waals surface area contributed by atoms with Gasteiger partial charge in [0.15, 0.2) is 17.1 Å². The maximum atomic E-state index is 13.4. The lowest BCUT2D eigenvalue weighted by Gasteiger charge is -2.33. The van der Waals surface area contributed by atoms with Crippen molar-refractivity contribution in [1.29, 1.82) is 0 Å². The highest BCUT2D eigenvalue weighted by atomic mass is 16.5. The number of carbonyl (C=O) groups is 1. The van der Waals surface area contributed by atoms with Crippen molar-refractivity contribution in [1.82, 2.24) is 10.2 Å². The van der Waals surface area contributed by atoms with E-state index in [-0.39, 0.29) is 17.9 Å². The van der Waals surface area contributed by atoms with E-state index in [2.05, 4.69) is 16.3 Å². The van der Waals surface area contributed by atoms with Gasteiger partial charge in [0, 0.05) is 31.6 Å². The number of nitrogens with zero attached hydrogens (tertiary/aromatic N) is 1. The molecule has 2 unspecified atom stereocenters. The molecule has 4 atom stereocenters. The molecule has 0 spiro atoms. The van der Waals surface area contributed by atoms with Crippen LogP contribution < -0.4 is 14.8 Å². The first-order valence-corrected chi connectivity index (χ1v) is 12.1. The van der Waals surface area contributed by atoms with Crippen LogP contribution in [0.4, 0.5) is 0 Å². The number of aliphatic hydroxyl groups is 1. The molecule has 2 aromatic carbocycles. The molecule has 1 saturated heterocycles. The second-order valence-electron chi connectivity index (χ2n) is 9.82. The quantitative estimate of drug-likeness (QED) is 0.646. The highest BCUT2D eigenvalue weighted by Crippen LogP contribution is 2.47. The fourth-order valence-corrected chi connectivity index (χ4v) is 6.04. The number of fused-ring (bicyclic) bond motifs is 1. The van der Waals surface area contributed by atoms with Crippen molar-refractivity contribution in [2.75, 3.05) is 27.3 Å². The van der Waals surface area contributed by atoms with Gasteiger partial charge >= 0.3 is 0 Å². The molecule has 1 amide bonds. The van der Waals surface area contributed by atoms with Crippen LogP contribution in [0.1, 0.15) is 36.8 Å². The van der Waals surface area contributed by atoms with Crippen LogP contribution >= 0.6 is 0 Å². The van der Waals surface area contributed by atoms with Crippen LogP contribution in [0, 0.1) is 17.8 Å². The summed E-state index contributed by atoms with van der Waals surface area (Å²) in [5.74, 6) is 2.17. The lowest BCUT2D eigenvalue weighted by atomic mass is 9.79. The number of methoxy groups -OCH3 is 2. The zero-order valence-electron chi connectivity index (χ0n) is 19.5. The van der Waals surface area contributed by atoms with E-state index in [9.17, 15) is 9.90 Å². The smallest absolute Gasteiger partial charge is 0.257 e. The molecule has 5 rings (SSSR count). The first-order valence-electron chi connectivity index (χ1n) is 12.1. The molecule has 176 valence electrons. The Kier molecular flexibility index (Phi) is 6.06. The van der Waals surface area contributed by atoms with E-state index >= 15 is 0 Å². The highest BCUT2D eigenvalue weighted by Gasteiger charge is 2.58. The van der Waals surface area contributed by atoms with Crippen molar-refractivity contribution in [3.63, 3.8) is 0 Å². The van der Waals surface area contributed by atoms with Crippen molar-refractivity contribution in [3.05, 3.63) is 59.7 Å². The summed E-state index contributed by atoms with van der Waals surface area (Å²) in [7, 11) is 3.30. The topological polar surface area (TPSA) is 71.0 Å². The minimum atomic E-state index is -1.44. The van der Waals surface area contributed by atoms with E-state index in [4.69, 9.17) is 9.47 Å². The molecule has 2 saturated carbocycles. The third-order valence-electron chi connectivity index (χ3n) is 7.93. The van der Waals surface area contributed by atoms with Gasteiger partial charge in [-0.2, -0.15) is 0 Å². The maximum absolute atomic E-state index is 13.4. The molecule has 6 heteroatoms. The normalized spacial score (nSPS) is 26.5. The molecule has 6 nitrogen and oxygen atoms in total. The number of nitrogens with one attached hydrogen (secondary N) is 1. The van der Waals surface area contributed by atoms with E-state index in [1.54, 1.807) is 14.2 Å². The van der Waals surface area contributed by atoms with Crippen molar-refractivity contribution in [2.45, 2.75) is 43.9 Å². The van der Waals surface area contributed by atoms with Crippen LogP contribution in [0.25, 0.3) is 0 Å². The zero-order chi connectivity index (χ0) is 23.0. The number of rotatable bonds is 8. The average Bonchev–Trinajstić information content (AvgIpc) is 3.26. The average molecular weight is 451 g/mol. The van der Waals surface area contributed by atoms with E-state index in [1.807, 2.05) is 42.5 Å². The maximum Gasteiger partial charge on any atom is 0.257 e. The summed E-state index contributed by atoms with van der Waals surface area (Å²) < 4.78 is 10.8. The number of likely N-dealkylation sites (tertiary alicyclic amines) is 1. The first-order chi connectivity index (χ1) is 16.0. The van der Waals surface area contributed by atoms with Crippen LogP contribution in [0.2, 0.25) is 0 Å². The van der Waals surface area contributed by atoms with Crippen LogP contribution in [-0.4, -0.2) is 49.3 Å². The molecule has 1 aliphatic heterocycles. The van der Waals surface area contributed by atoms with Gasteiger partial charge in [-0.1, -0.05) is 49.2 Å². The highest BCUT2D eigenvalue weighted by molar-refractivity contribution is 5.87. The second-order valence-corrected chi connectivity index (χ2v) is 9.82. The molecule has 3 fully saturated rings. The summed E-state index contributed by atoms with van der Waals surface area (Å²) in [6, 6.07) is 15.7. The monoisotopic (exact) mass is 450 g/mol. The van der Waals surface area contributed by atoms with E-state index in [0.717, 1.165) is 62.4 Å². The predicted octanol–water partition coefficient (Wildman–Crippen LogP) is 3.33. The minimum absolute atomic E-state index is 0.0139. The summed E-state index contributed by atoms with van der Waals surface area (Å²) in [6.45, 7) is 2.76. The molecule has 2 aromatic rings. The van der Waals surface area contributed by atoms with E-state index < -0.39 is 5.60 Å². The number of hydrogen-bond acceptors (Lipinski definition) is 5. The molecule has 0 aromatic heterocycles. The minimum Gasteiger partial charge on any atom is -0.493 e. The first kappa shape index (κ1) is 22.2. The van der Waals surface area contributed by atoms with Gasteiger partial charge in [0.25, 0.3) is 5.91 Å². The SMILES string of the molecule is COc1ccc(CN2C[C@@H]3C(NC(=O)C(O)(c4ccccc4)C4CCCC4)[C@@H]3C2)cc1OC. The predicted molar refractivity (Wildman–Crippen MR) is 126 cm³/mol. The Morgan fingerprint density at radius 2 is 1.70 bits per heavy atom. The van der Waals surface area contributed by atoms with Crippen molar-refractivity contribution < 1.29 is 19.4 Å². The molecular formula is C27H34N2O4. The summed E-state index contributed by atoms with van der Waals surface area (Å²) in [6.07, 6.45) is 3.95. The van der Waals surface area contributed by atoms with Gasteiger partial charge in [-0.25, -0.2) is 0 Å². The van der Waals surface area contributed by atoms with Crippen molar-refractivity contribution >= 4 is 5.91 Å². The summed E-state index contributed by atoms with van der Waals surface area (Å²) >= 11 is 0. The van der Waals surface area contributed by atoms with E-state index in [0.29, 0.717) is 11.8 Å². The van der Waals surface area contributed by atoms with Gasteiger partial charge in [0.1, 0.15) is 0 Å². The van der Waals surface area contributed by atoms with Crippen LogP contribution in [0.15, 0.2) is 48.5 Å². The lowest BCUT2D eigenvalue weighted by molar-refractivity contribution is -0.147. The lowest BCUT2D eigenvalue weighted by Crippen LogP contribution is -2.50.